The largest absolute Gasteiger partial charge is 0.435 e. The molecule has 0 aliphatic rings. The van der Waals surface area contributed by atoms with Crippen LogP contribution >= 0.6 is 0 Å². The molecule has 0 radical (unpaired) electrons. The van der Waals surface area contributed by atoms with Crippen molar-refractivity contribution in [3.63, 3.8) is 0 Å². The van der Waals surface area contributed by atoms with Crippen LogP contribution in [0.4, 0.5) is 13.2 Å². The lowest BCUT2D eigenvalue weighted by molar-refractivity contribution is -0.141. The minimum absolute atomic E-state index is 0.0252. The Bertz CT molecular complexity index is 472. The van der Waals surface area contributed by atoms with E-state index in [2.05, 4.69) is 10.4 Å². The van der Waals surface area contributed by atoms with Crippen LogP contribution in [0.25, 0.3) is 0 Å². The standard InChI is InChI=1S/C12H18F3N3O3/c1-11(20,4-6-21-2)8-16-10(19)7-18-5-3-9(17-18)12(13,14)15/h3,5,20H,4,6-8H2,1-2H3,(H,16,19). The highest BCUT2D eigenvalue weighted by Crippen LogP contribution is 2.27. The van der Waals surface area contributed by atoms with Crippen LogP contribution in [0.5, 0.6) is 0 Å². The number of amides is 1. The molecular weight excluding hydrogens is 291 g/mol. The fraction of sp³-hybridized carbons (Fsp3) is 0.667. The lowest BCUT2D eigenvalue weighted by Crippen LogP contribution is -2.42. The molecule has 2 N–H and O–H groups in total. The van der Waals surface area contributed by atoms with Crippen molar-refractivity contribution in [3.05, 3.63) is 18.0 Å². The fourth-order valence-electron chi connectivity index (χ4n) is 1.50. The van der Waals surface area contributed by atoms with Crippen molar-refractivity contribution in [2.75, 3.05) is 20.3 Å². The minimum Gasteiger partial charge on any atom is -0.388 e. The second kappa shape index (κ2) is 6.90. The molecule has 6 nitrogen and oxygen atoms in total. The molecule has 1 unspecified atom stereocenters. The molecule has 0 fully saturated rings. The normalized spacial score (nSPS) is 14.8. The van der Waals surface area contributed by atoms with E-state index in [1.807, 2.05) is 0 Å². The summed E-state index contributed by atoms with van der Waals surface area (Å²) in [5.41, 5.74) is -2.20. The first-order valence-corrected chi connectivity index (χ1v) is 6.23. The first kappa shape index (κ1) is 17.4. The van der Waals surface area contributed by atoms with E-state index in [9.17, 15) is 23.1 Å². The number of aliphatic hydroxyl groups is 1. The van der Waals surface area contributed by atoms with Crippen molar-refractivity contribution in [2.45, 2.75) is 31.7 Å². The van der Waals surface area contributed by atoms with Crippen molar-refractivity contribution in [2.24, 2.45) is 0 Å². The van der Waals surface area contributed by atoms with E-state index in [0.29, 0.717) is 13.0 Å². The van der Waals surface area contributed by atoms with Crippen molar-refractivity contribution in [3.8, 4) is 0 Å². The van der Waals surface area contributed by atoms with E-state index in [1.54, 1.807) is 0 Å². The van der Waals surface area contributed by atoms with Crippen molar-refractivity contribution >= 4 is 5.91 Å². The average Bonchev–Trinajstić information content (AvgIpc) is 2.83. The van der Waals surface area contributed by atoms with E-state index in [4.69, 9.17) is 4.74 Å². The molecule has 1 rings (SSSR count). The summed E-state index contributed by atoms with van der Waals surface area (Å²) >= 11 is 0. The first-order chi connectivity index (χ1) is 9.64. The molecule has 1 aromatic heterocycles. The van der Waals surface area contributed by atoms with Gasteiger partial charge in [0.2, 0.25) is 5.91 Å². The maximum atomic E-state index is 12.3. The molecule has 120 valence electrons. The quantitative estimate of drug-likeness (QED) is 0.781. The molecule has 1 heterocycles. The SMILES string of the molecule is COCCC(C)(O)CNC(=O)Cn1ccc(C(F)(F)F)n1. The van der Waals surface area contributed by atoms with Gasteiger partial charge in [0.15, 0.2) is 5.69 Å². The van der Waals surface area contributed by atoms with E-state index in [0.717, 1.165) is 16.9 Å². The Labute approximate surface area is 119 Å². The number of alkyl halides is 3. The summed E-state index contributed by atoms with van der Waals surface area (Å²) in [4.78, 5) is 11.6. The summed E-state index contributed by atoms with van der Waals surface area (Å²) in [6.45, 7) is 1.48. The summed E-state index contributed by atoms with van der Waals surface area (Å²) in [5.74, 6) is -0.537. The number of carbonyl (C=O) groups is 1. The monoisotopic (exact) mass is 309 g/mol. The number of hydrogen-bond acceptors (Lipinski definition) is 4. The molecule has 0 aromatic carbocycles. The van der Waals surface area contributed by atoms with Gasteiger partial charge in [-0.2, -0.15) is 18.3 Å². The Morgan fingerprint density at radius 2 is 2.19 bits per heavy atom. The lowest BCUT2D eigenvalue weighted by atomic mass is 10.0. The highest BCUT2D eigenvalue weighted by Gasteiger charge is 2.33. The number of halogens is 3. The molecule has 1 atom stereocenters. The van der Waals surface area contributed by atoms with Crippen LogP contribution in [-0.4, -0.2) is 46.7 Å². The van der Waals surface area contributed by atoms with Crippen molar-refractivity contribution < 1.29 is 27.8 Å². The van der Waals surface area contributed by atoms with Gasteiger partial charge in [0.05, 0.1) is 5.60 Å². The topological polar surface area (TPSA) is 76.4 Å². The molecule has 0 aliphatic carbocycles. The molecule has 0 saturated heterocycles. The molecule has 1 amide bonds. The number of nitrogens with one attached hydrogen (secondary N) is 1. The van der Waals surface area contributed by atoms with Gasteiger partial charge in [0.25, 0.3) is 0 Å². The van der Waals surface area contributed by atoms with Crippen LogP contribution in [0.2, 0.25) is 0 Å². The van der Waals surface area contributed by atoms with Gasteiger partial charge in [-0.15, -0.1) is 0 Å². The van der Waals surface area contributed by atoms with Crippen LogP contribution in [-0.2, 0) is 22.3 Å². The third kappa shape index (κ3) is 6.13. The summed E-state index contributed by atoms with van der Waals surface area (Å²) in [7, 11) is 1.49. The molecule has 0 bridgehead atoms. The molecule has 0 saturated carbocycles. The minimum atomic E-state index is -4.54. The van der Waals surface area contributed by atoms with Gasteiger partial charge in [0.1, 0.15) is 6.54 Å². The Morgan fingerprint density at radius 1 is 1.52 bits per heavy atom. The molecule has 1 aromatic rings. The molecule has 0 aliphatic heterocycles. The number of ether oxygens (including phenoxy) is 1. The average molecular weight is 309 g/mol. The number of aromatic nitrogens is 2. The smallest absolute Gasteiger partial charge is 0.388 e. The van der Waals surface area contributed by atoms with Crippen molar-refractivity contribution in [1.29, 1.82) is 0 Å². The maximum absolute atomic E-state index is 12.3. The van der Waals surface area contributed by atoms with Crippen LogP contribution in [0.15, 0.2) is 12.3 Å². The van der Waals surface area contributed by atoms with Crippen LogP contribution in [0.1, 0.15) is 19.0 Å². The maximum Gasteiger partial charge on any atom is 0.435 e. The fourth-order valence-corrected chi connectivity index (χ4v) is 1.50. The molecule has 9 heteroatoms. The van der Waals surface area contributed by atoms with E-state index < -0.39 is 23.4 Å². The number of nitrogens with zero attached hydrogens (tertiary/aromatic N) is 2. The second-order valence-electron chi connectivity index (χ2n) is 4.91. The van der Waals surface area contributed by atoms with E-state index in [1.165, 1.54) is 14.0 Å². The zero-order chi connectivity index (χ0) is 16.1. The third-order valence-electron chi connectivity index (χ3n) is 2.75. The van der Waals surface area contributed by atoms with Crippen LogP contribution in [0, 0.1) is 0 Å². The first-order valence-electron chi connectivity index (χ1n) is 6.23. The molecular formula is C12H18F3N3O3. The van der Waals surface area contributed by atoms with Gasteiger partial charge in [-0.05, 0) is 13.0 Å². The zero-order valence-corrected chi connectivity index (χ0v) is 11.8. The Hall–Kier alpha value is -1.61. The van der Waals surface area contributed by atoms with Gasteiger partial charge in [-0.1, -0.05) is 0 Å². The van der Waals surface area contributed by atoms with Crippen molar-refractivity contribution in [1.82, 2.24) is 15.1 Å². The summed E-state index contributed by atoms with van der Waals surface area (Å²) in [6, 6.07) is 0.794. The zero-order valence-electron chi connectivity index (χ0n) is 11.8. The van der Waals surface area contributed by atoms with Gasteiger partial charge >= 0.3 is 6.18 Å². The number of carbonyl (C=O) groups excluding carboxylic acids is 1. The second-order valence-corrected chi connectivity index (χ2v) is 4.91. The van der Waals surface area contributed by atoms with Gasteiger partial charge < -0.3 is 15.2 Å². The Morgan fingerprint density at radius 3 is 2.71 bits per heavy atom. The van der Waals surface area contributed by atoms with E-state index >= 15 is 0 Å². The Balaban J connectivity index is 2.45. The predicted molar refractivity (Wildman–Crippen MR) is 67.4 cm³/mol. The van der Waals surface area contributed by atoms with Gasteiger partial charge in [-0.3, -0.25) is 9.48 Å². The number of hydrogen-bond donors (Lipinski definition) is 2. The molecule has 0 spiro atoms. The van der Waals surface area contributed by atoms with Gasteiger partial charge in [-0.25, -0.2) is 0 Å². The van der Waals surface area contributed by atoms with E-state index in [-0.39, 0.29) is 13.1 Å². The summed E-state index contributed by atoms with van der Waals surface area (Å²) < 4.78 is 42.7. The highest BCUT2D eigenvalue weighted by atomic mass is 19.4. The number of rotatable bonds is 7. The molecule has 21 heavy (non-hydrogen) atoms. The van der Waals surface area contributed by atoms with Crippen LogP contribution < -0.4 is 5.32 Å². The van der Waals surface area contributed by atoms with Crippen LogP contribution in [0.3, 0.4) is 0 Å². The van der Waals surface area contributed by atoms with Gasteiger partial charge in [0, 0.05) is 32.9 Å². The predicted octanol–water partition coefficient (Wildman–Crippen LogP) is 0.806. The third-order valence-corrected chi connectivity index (χ3v) is 2.75. The summed E-state index contributed by atoms with van der Waals surface area (Å²) in [5, 5.41) is 15.6. The highest BCUT2D eigenvalue weighted by molar-refractivity contribution is 5.75. The summed E-state index contributed by atoms with van der Waals surface area (Å²) in [6.07, 6.45) is -3.14. The Kier molecular flexibility index (Phi) is 5.73. The lowest BCUT2D eigenvalue weighted by Gasteiger charge is -2.23. The number of methoxy groups -OCH3 is 1.